The van der Waals surface area contributed by atoms with Crippen LogP contribution in [0.5, 0.6) is 0 Å². The van der Waals surface area contributed by atoms with E-state index >= 15 is 0 Å². The molecule has 0 unspecified atom stereocenters. The predicted molar refractivity (Wildman–Crippen MR) is 62.2 cm³/mol. The molecule has 90 valence electrons. The van der Waals surface area contributed by atoms with Gasteiger partial charge in [0.25, 0.3) is 0 Å². The van der Waals surface area contributed by atoms with Crippen LogP contribution in [0, 0.1) is 0 Å². The summed E-state index contributed by atoms with van der Waals surface area (Å²) < 4.78 is 11.0. The molecule has 15 heavy (non-hydrogen) atoms. The fourth-order valence-electron chi connectivity index (χ4n) is 1.78. The third kappa shape index (κ3) is 6.88. The molecule has 0 N–H and O–H groups in total. The van der Waals surface area contributed by atoms with E-state index in [4.69, 9.17) is 9.47 Å². The van der Waals surface area contributed by atoms with Crippen LogP contribution >= 0.6 is 0 Å². The van der Waals surface area contributed by atoms with Gasteiger partial charge < -0.3 is 14.4 Å². The summed E-state index contributed by atoms with van der Waals surface area (Å²) >= 11 is 0. The van der Waals surface area contributed by atoms with Crippen molar-refractivity contribution in [3.63, 3.8) is 0 Å². The second kappa shape index (κ2) is 8.08. The normalized spacial score (nSPS) is 17.8. The molecule has 1 aliphatic heterocycles. The van der Waals surface area contributed by atoms with Crippen LogP contribution in [0.2, 0.25) is 0 Å². The van der Waals surface area contributed by atoms with Crippen molar-refractivity contribution in [3.8, 4) is 0 Å². The smallest absolute Gasteiger partial charge is 0.0593 e. The van der Waals surface area contributed by atoms with Gasteiger partial charge >= 0.3 is 0 Å². The lowest BCUT2D eigenvalue weighted by Crippen LogP contribution is -2.24. The first kappa shape index (κ1) is 12.9. The Bertz CT molecular complexity index is 145. The molecule has 0 amide bonds. The van der Waals surface area contributed by atoms with E-state index < -0.39 is 0 Å². The monoisotopic (exact) mass is 215 g/mol. The molecule has 3 nitrogen and oxygen atoms in total. The Labute approximate surface area is 93.7 Å². The first-order valence-corrected chi connectivity index (χ1v) is 6.21. The van der Waals surface area contributed by atoms with Crippen LogP contribution in [-0.2, 0) is 9.47 Å². The van der Waals surface area contributed by atoms with Crippen LogP contribution in [0.25, 0.3) is 0 Å². The highest BCUT2D eigenvalue weighted by Gasteiger charge is 2.09. The Morgan fingerprint density at radius 1 is 1.07 bits per heavy atom. The van der Waals surface area contributed by atoms with Gasteiger partial charge in [-0.3, -0.25) is 0 Å². The molecule has 0 aliphatic carbocycles. The molecule has 0 spiro atoms. The maximum absolute atomic E-state index is 5.56. The lowest BCUT2D eigenvalue weighted by atomic mass is 10.4. The molecule has 1 aliphatic rings. The summed E-state index contributed by atoms with van der Waals surface area (Å²) in [4.78, 5) is 2.48. The summed E-state index contributed by atoms with van der Waals surface area (Å²) in [5.74, 6) is 0. The summed E-state index contributed by atoms with van der Waals surface area (Å²) in [7, 11) is 0. The van der Waals surface area contributed by atoms with Crippen LogP contribution in [0.1, 0.15) is 33.1 Å². The molecule has 0 aromatic carbocycles. The van der Waals surface area contributed by atoms with Crippen molar-refractivity contribution in [2.24, 2.45) is 0 Å². The third-order valence-electron chi connectivity index (χ3n) is 2.63. The van der Waals surface area contributed by atoms with Gasteiger partial charge in [-0.15, -0.1) is 0 Å². The van der Waals surface area contributed by atoms with Crippen molar-refractivity contribution in [3.05, 3.63) is 0 Å². The van der Waals surface area contributed by atoms with E-state index in [0.717, 1.165) is 32.8 Å². The average Bonchev–Trinajstić information content (AvgIpc) is 2.68. The molecule has 0 bridgehead atoms. The van der Waals surface area contributed by atoms with Crippen LogP contribution in [-0.4, -0.2) is 50.5 Å². The van der Waals surface area contributed by atoms with Crippen molar-refractivity contribution < 1.29 is 9.47 Å². The molecule has 1 heterocycles. The van der Waals surface area contributed by atoms with Gasteiger partial charge in [0, 0.05) is 19.8 Å². The second-order valence-corrected chi connectivity index (χ2v) is 4.43. The lowest BCUT2D eigenvalue weighted by Gasteiger charge is -2.14. The van der Waals surface area contributed by atoms with Gasteiger partial charge in [-0.1, -0.05) is 0 Å². The Kier molecular flexibility index (Phi) is 6.98. The fraction of sp³-hybridized carbons (Fsp3) is 1.00. The van der Waals surface area contributed by atoms with Gasteiger partial charge in [0.05, 0.1) is 12.7 Å². The molecule has 0 aromatic heterocycles. The molecule has 1 rings (SSSR count). The van der Waals surface area contributed by atoms with E-state index in [1.54, 1.807) is 0 Å². The molecule has 0 aromatic rings. The van der Waals surface area contributed by atoms with Crippen LogP contribution < -0.4 is 0 Å². The average molecular weight is 215 g/mol. The van der Waals surface area contributed by atoms with Crippen LogP contribution in [0.15, 0.2) is 0 Å². The van der Waals surface area contributed by atoms with Crippen molar-refractivity contribution in [2.75, 3.05) is 39.5 Å². The van der Waals surface area contributed by atoms with Crippen molar-refractivity contribution in [1.82, 2.24) is 4.90 Å². The summed E-state index contributed by atoms with van der Waals surface area (Å²) in [6, 6.07) is 0. The molecule has 0 atom stereocenters. The number of likely N-dealkylation sites (tertiary alicyclic amines) is 1. The third-order valence-corrected chi connectivity index (χ3v) is 2.63. The lowest BCUT2D eigenvalue weighted by molar-refractivity contribution is 0.0475. The Morgan fingerprint density at radius 2 is 1.80 bits per heavy atom. The highest BCUT2D eigenvalue weighted by atomic mass is 16.5. The molecule has 0 saturated carbocycles. The quantitative estimate of drug-likeness (QED) is 0.577. The number of nitrogens with zero attached hydrogens (tertiary/aromatic N) is 1. The van der Waals surface area contributed by atoms with E-state index in [2.05, 4.69) is 18.7 Å². The number of ether oxygens (including phenoxy) is 2. The number of hydrogen-bond donors (Lipinski definition) is 0. The zero-order chi connectivity index (χ0) is 10.9. The predicted octanol–water partition coefficient (Wildman–Crippen LogP) is 1.91. The molecule has 1 saturated heterocycles. The fourth-order valence-corrected chi connectivity index (χ4v) is 1.78. The van der Waals surface area contributed by atoms with Gasteiger partial charge in [-0.25, -0.2) is 0 Å². The maximum Gasteiger partial charge on any atom is 0.0593 e. The minimum absolute atomic E-state index is 0.342. The molecule has 3 heteroatoms. The standard InChI is InChI=1S/C12H25NO2/c1-12(2)15-10-5-9-14-11-8-13-6-3-4-7-13/h12H,3-11H2,1-2H3. The zero-order valence-electron chi connectivity index (χ0n) is 10.2. The topological polar surface area (TPSA) is 21.7 Å². The van der Waals surface area contributed by atoms with Gasteiger partial charge in [0.2, 0.25) is 0 Å². The van der Waals surface area contributed by atoms with Gasteiger partial charge in [0.15, 0.2) is 0 Å². The van der Waals surface area contributed by atoms with Crippen molar-refractivity contribution in [1.29, 1.82) is 0 Å². The second-order valence-electron chi connectivity index (χ2n) is 4.43. The Morgan fingerprint density at radius 3 is 2.47 bits per heavy atom. The molecule has 0 radical (unpaired) electrons. The highest BCUT2D eigenvalue weighted by Crippen LogP contribution is 2.05. The Balaban J connectivity index is 1.76. The van der Waals surface area contributed by atoms with E-state index in [-0.39, 0.29) is 0 Å². The van der Waals surface area contributed by atoms with E-state index in [9.17, 15) is 0 Å². The van der Waals surface area contributed by atoms with Crippen molar-refractivity contribution in [2.45, 2.75) is 39.2 Å². The number of hydrogen-bond acceptors (Lipinski definition) is 3. The van der Waals surface area contributed by atoms with Gasteiger partial charge in [0.1, 0.15) is 0 Å². The molecule has 1 fully saturated rings. The minimum Gasteiger partial charge on any atom is -0.380 e. The van der Waals surface area contributed by atoms with Crippen LogP contribution in [0.3, 0.4) is 0 Å². The van der Waals surface area contributed by atoms with Crippen LogP contribution in [0.4, 0.5) is 0 Å². The maximum atomic E-state index is 5.56. The minimum atomic E-state index is 0.342. The van der Waals surface area contributed by atoms with E-state index in [1.165, 1.54) is 25.9 Å². The SMILES string of the molecule is CC(C)OCCCOCCN1CCCC1. The summed E-state index contributed by atoms with van der Waals surface area (Å²) in [6.07, 6.45) is 4.08. The summed E-state index contributed by atoms with van der Waals surface area (Å²) in [5.41, 5.74) is 0. The summed E-state index contributed by atoms with van der Waals surface area (Å²) in [5, 5.41) is 0. The van der Waals surface area contributed by atoms with E-state index in [0.29, 0.717) is 6.10 Å². The highest BCUT2D eigenvalue weighted by molar-refractivity contribution is 4.64. The van der Waals surface area contributed by atoms with E-state index in [1.807, 2.05) is 0 Å². The zero-order valence-corrected chi connectivity index (χ0v) is 10.2. The first-order chi connectivity index (χ1) is 7.29. The molecular weight excluding hydrogens is 190 g/mol. The van der Waals surface area contributed by atoms with Gasteiger partial charge in [-0.05, 0) is 46.2 Å². The largest absolute Gasteiger partial charge is 0.380 e. The van der Waals surface area contributed by atoms with Gasteiger partial charge in [-0.2, -0.15) is 0 Å². The van der Waals surface area contributed by atoms with Crippen molar-refractivity contribution >= 4 is 0 Å². The summed E-state index contributed by atoms with van der Waals surface area (Å²) in [6.45, 7) is 10.3. The Hall–Kier alpha value is -0.120. The number of rotatable bonds is 8. The molecular formula is C12H25NO2. The first-order valence-electron chi connectivity index (χ1n) is 6.21.